The highest BCUT2D eigenvalue weighted by Crippen LogP contribution is 2.22. The largest absolute Gasteiger partial charge is 0.373 e. The summed E-state index contributed by atoms with van der Waals surface area (Å²) in [4.78, 5) is 11.8. The van der Waals surface area contributed by atoms with Crippen LogP contribution in [0.25, 0.3) is 0 Å². The summed E-state index contributed by atoms with van der Waals surface area (Å²) in [6, 6.07) is 4.33. The molecule has 3 heterocycles. The first-order valence-corrected chi connectivity index (χ1v) is 10.1. The van der Waals surface area contributed by atoms with Gasteiger partial charge in [0.05, 0.1) is 17.2 Å². The highest BCUT2D eigenvalue weighted by Gasteiger charge is 2.27. The van der Waals surface area contributed by atoms with Crippen molar-refractivity contribution in [3.05, 3.63) is 17.5 Å². The molecule has 140 valence electrons. The van der Waals surface area contributed by atoms with E-state index in [1.54, 1.807) is 0 Å². The smallest absolute Gasteiger partial charge is 0.193 e. The van der Waals surface area contributed by atoms with Gasteiger partial charge in [0.2, 0.25) is 0 Å². The molecule has 1 aromatic heterocycles. The van der Waals surface area contributed by atoms with E-state index in [0.29, 0.717) is 0 Å². The Hall–Kier alpha value is -1.31. The second-order valence-corrected chi connectivity index (χ2v) is 8.21. The van der Waals surface area contributed by atoms with Crippen molar-refractivity contribution in [1.29, 1.82) is 0 Å². The summed E-state index contributed by atoms with van der Waals surface area (Å²) in [6.45, 7) is 13.3. The van der Waals surface area contributed by atoms with Crippen molar-refractivity contribution in [1.82, 2.24) is 15.1 Å². The molecule has 0 saturated carbocycles. The van der Waals surface area contributed by atoms with Crippen LogP contribution in [-0.4, -0.2) is 87.4 Å². The first kappa shape index (κ1) is 18.5. The molecule has 0 radical (unpaired) electrons. The SMILES string of the molecule is CN=C(NCCN1CCOC(C)(C)C1)N1CCN(c2cccs2)CC1. The van der Waals surface area contributed by atoms with E-state index >= 15 is 0 Å². The van der Waals surface area contributed by atoms with E-state index < -0.39 is 0 Å². The zero-order valence-electron chi connectivity index (χ0n) is 15.7. The van der Waals surface area contributed by atoms with Crippen LogP contribution in [0.2, 0.25) is 0 Å². The molecular formula is C18H31N5OS. The fraction of sp³-hybridized carbons (Fsp3) is 0.722. The number of piperazine rings is 1. The van der Waals surface area contributed by atoms with E-state index in [4.69, 9.17) is 4.74 Å². The van der Waals surface area contributed by atoms with Gasteiger partial charge in [0.15, 0.2) is 5.96 Å². The van der Waals surface area contributed by atoms with Crippen LogP contribution < -0.4 is 10.2 Å². The monoisotopic (exact) mass is 365 g/mol. The predicted molar refractivity (Wildman–Crippen MR) is 106 cm³/mol. The summed E-state index contributed by atoms with van der Waals surface area (Å²) in [7, 11) is 1.88. The molecule has 0 bridgehead atoms. The van der Waals surface area contributed by atoms with Gasteiger partial charge in [-0.05, 0) is 31.4 Å². The van der Waals surface area contributed by atoms with Gasteiger partial charge in [0.1, 0.15) is 0 Å². The van der Waals surface area contributed by atoms with Crippen LogP contribution in [0.15, 0.2) is 22.5 Å². The number of rotatable bonds is 4. The number of thiophene rings is 1. The van der Waals surface area contributed by atoms with Crippen LogP contribution in [0, 0.1) is 0 Å². The van der Waals surface area contributed by atoms with Gasteiger partial charge in [-0.25, -0.2) is 0 Å². The average Bonchev–Trinajstić information content (AvgIpc) is 3.13. The fourth-order valence-corrected chi connectivity index (χ4v) is 4.34. The number of aliphatic imine (C=N–C) groups is 1. The number of morpholine rings is 1. The number of hydrogen-bond acceptors (Lipinski definition) is 5. The maximum atomic E-state index is 5.78. The lowest BCUT2D eigenvalue weighted by atomic mass is 10.1. The zero-order chi connectivity index (χ0) is 17.7. The maximum Gasteiger partial charge on any atom is 0.193 e. The number of hydrogen-bond donors (Lipinski definition) is 1. The Balaban J connectivity index is 1.41. The van der Waals surface area contributed by atoms with Gasteiger partial charge in [0.25, 0.3) is 0 Å². The molecule has 7 heteroatoms. The van der Waals surface area contributed by atoms with Gasteiger partial charge in [0, 0.05) is 59.4 Å². The number of ether oxygens (including phenoxy) is 1. The summed E-state index contributed by atoms with van der Waals surface area (Å²) in [5.41, 5.74) is -0.0297. The topological polar surface area (TPSA) is 43.3 Å². The number of guanidine groups is 1. The van der Waals surface area contributed by atoms with Gasteiger partial charge in [-0.15, -0.1) is 11.3 Å². The Labute approximate surface area is 155 Å². The van der Waals surface area contributed by atoms with Crippen LogP contribution in [-0.2, 0) is 4.74 Å². The second-order valence-electron chi connectivity index (χ2n) is 7.28. The molecule has 3 rings (SSSR count). The summed E-state index contributed by atoms with van der Waals surface area (Å²) in [5, 5.41) is 7.06. The quantitative estimate of drug-likeness (QED) is 0.648. The fourth-order valence-electron chi connectivity index (χ4n) is 3.55. The molecule has 2 aliphatic heterocycles. The minimum absolute atomic E-state index is 0.0297. The molecule has 0 amide bonds. The normalized spacial score (nSPS) is 22.3. The Bertz CT molecular complexity index is 552. The second kappa shape index (κ2) is 8.38. The molecule has 2 aliphatic rings. The molecule has 1 N–H and O–H groups in total. The van der Waals surface area contributed by atoms with Gasteiger partial charge < -0.3 is 19.9 Å². The Morgan fingerprint density at radius 2 is 2.08 bits per heavy atom. The van der Waals surface area contributed by atoms with Crippen molar-refractivity contribution >= 4 is 22.3 Å². The lowest BCUT2D eigenvalue weighted by Crippen LogP contribution is -2.54. The predicted octanol–water partition coefficient (Wildman–Crippen LogP) is 1.56. The lowest BCUT2D eigenvalue weighted by molar-refractivity contribution is -0.0852. The molecule has 1 aromatic rings. The average molecular weight is 366 g/mol. The van der Waals surface area contributed by atoms with Gasteiger partial charge >= 0.3 is 0 Å². The van der Waals surface area contributed by atoms with Crippen LogP contribution in [0.5, 0.6) is 0 Å². The van der Waals surface area contributed by atoms with E-state index in [1.165, 1.54) is 5.00 Å². The third-order valence-electron chi connectivity index (χ3n) is 4.82. The van der Waals surface area contributed by atoms with Crippen LogP contribution >= 0.6 is 11.3 Å². The van der Waals surface area contributed by atoms with Gasteiger partial charge in [-0.3, -0.25) is 9.89 Å². The lowest BCUT2D eigenvalue weighted by Gasteiger charge is -2.39. The molecule has 0 atom stereocenters. The first-order valence-electron chi connectivity index (χ1n) is 9.18. The highest BCUT2D eigenvalue weighted by atomic mass is 32.1. The zero-order valence-corrected chi connectivity index (χ0v) is 16.5. The molecular weight excluding hydrogens is 334 g/mol. The Kier molecular flexibility index (Phi) is 6.19. The molecule has 0 spiro atoms. The van der Waals surface area contributed by atoms with Crippen molar-refractivity contribution in [3.8, 4) is 0 Å². The summed E-state index contributed by atoms with van der Waals surface area (Å²) >= 11 is 1.82. The van der Waals surface area contributed by atoms with E-state index in [2.05, 4.69) is 56.4 Å². The first-order chi connectivity index (χ1) is 12.1. The van der Waals surface area contributed by atoms with Crippen molar-refractivity contribution in [2.75, 3.05) is 70.9 Å². The van der Waals surface area contributed by atoms with E-state index in [0.717, 1.165) is 64.9 Å². The van der Waals surface area contributed by atoms with E-state index in [1.807, 2.05) is 18.4 Å². The van der Waals surface area contributed by atoms with E-state index in [-0.39, 0.29) is 5.60 Å². The minimum Gasteiger partial charge on any atom is -0.373 e. The van der Waals surface area contributed by atoms with Gasteiger partial charge in [-0.1, -0.05) is 0 Å². The molecule has 6 nitrogen and oxygen atoms in total. The molecule has 2 fully saturated rings. The Morgan fingerprint density at radius 1 is 1.28 bits per heavy atom. The number of anilines is 1. The van der Waals surface area contributed by atoms with E-state index in [9.17, 15) is 0 Å². The van der Waals surface area contributed by atoms with Crippen molar-refractivity contribution in [3.63, 3.8) is 0 Å². The molecule has 25 heavy (non-hydrogen) atoms. The molecule has 0 unspecified atom stereocenters. The minimum atomic E-state index is -0.0297. The summed E-state index contributed by atoms with van der Waals surface area (Å²) < 4.78 is 5.78. The summed E-state index contributed by atoms with van der Waals surface area (Å²) in [6.07, 6.45) is 0. The third-order valence-corrected chi connectivity index (χ3v) is 5.75. The molecule has 0 aliphatic carbocycles. The van der Waals surface area contributed by atoms with Crippen LogP contribution in [0.3, 0.4) is 0 Å². The van der Waals surface area contributed by atoms with Crippen molar-refractivity contribution < 1.29 is 4.74 Å². The Morgan fingerprint density at radius 3 is 2.72 bits per heavy atom. The van der Waals surface area contributed by atoms with Gasteiger partial charge in [-0.2, -0.15) is 0 Å². The highest BCUT2D eigenvalue weighted by molar-refractivity contribution is 7.14. The van der Waals surface area contributed by atoms with Crippen LogP contribution in [0.4, 0.5) is 5.00 Å². The van der Waals surface area contributed by atoms with Crippen LogP contribution in [0.1, 0.15) is 13.8 Å². The standard InChI is InChI=1S/C18H31N5OS/c1-18(2)15-21(12-13-24-18)7-6-20-17(19-3)23-10-8-22(9-11-23)16-5-4-14-25-16/h4-5,14H,6-13,15H2,1-3H3,(H,19,20). The van der Waals surface area contributed by atoms with Crippen molar-refractivity contribution in [2.24, 2.45) is 4.99 Å². The molecule has 0 aromatic carbocycles. The third kappa shape index (κ3) is 5.09. The number of nitrogens with one attached hydrogen (secondary N) is 1. The maximum absolute atomic E-state index is 5.78. The molecule has 2 saturated heterocycles. The van der Waals surface area contributed by atoms with Crippen molar-refractivity contribution in [2.45, 2.75) is 19.4 Å². The summed E-state index contributed by atoms with van der Waals surface area (Å²) in [5.74, 6) is 1.03. The number of nitrogens with zero attached hydrogens (tertiary/aromatic N) is 4.